The van der Waals surface area contributed by atoms with Crippen molar-refractivity contribution in [2.24, 2.45) is 11.8 Å². The summed E-state index contributed by atoms with van der Waals surface area (Å²) in [5, 5.41) is 11.9. The van der Waals surface area contributed by atoms with Crippen LogP contribution in [0, 0.1) is 23.2 Å². The number of nitrogens with one attached hydrogen (secondary N) is 1. The molecule has 14 heavy (non-hydrogen) atoms. The van der Waals surface area contributed by atoms with Gasteiger partial charge in [0.2, 0.25) is 5.91 Å². The molecule has 1 saturated carbocycles. The van der Waals surface area contributed by atoms with Crippen molar-refractivity contribution in [1.29, 1.82) is 5.26 Å². The molecule has 2 unspecified atom stereocenters. The average Bonchev–Trinajstić information content (AvgIpc) is 2.25. The molecule has 2 atom stereocenters. The van der Waals surface area contributed by atoms with Crippen molar-refractivity contribution in [2.45, 2.75) is 25.7 Å². The smallest absolute Gasteiger partial charge is 0.224 e. The van der Waals surface area contributed by atoms with Gasteiger partial charge in [-0.1, -0.05) is 28.8 Å². The molecule has 0 aliphatic heterocycles. The Bertz CT molecular complexity index is 237. The second kappa shape index (κ2) is 6.02. The van der Waals surface area contributed by atoms with Crippen LogP contribution >= 0.6 is 15.9 Å². The molecule has 0 spiro atoms. The number of alkyl halides is 1. The molecule has 1 amide bonds. The summed E-state index contributed by atoms with van der Waals surface area (Å²) in [5.41, 5.74) is 0. The van der Waals surface area contributed by atoms with E-state index in [1.807, 2.05) is 6.07 Å². The van der Waals surface area contributed by atoms with Crippen LogP contribution < -0.4 is 5.32 Å². The normalized spacial score (nSPS) is 26.6. The average molecular weight is 259 g/mol. The molecular weight excluding hydrogens is 244 g/mol. The van der Waals surface area contributed by atoms with Crippen molar-refractivity contribution >= 4 is 21.8 Å². The lowest BCUT2D eigenvalue weighted by Gasteiger charge is -2.28. The van der Waals surface area contributed by atoms with Crippen molar-refractivity contribution in [1.82, 2.24) is 5.32 Å². The summed E-state index contributed by atoms with van der Waals surface area (Å²) in [5.74, 6) is 0.606. The van der Waals surface area contributed by atoms with Crippen LogP contribution in [0.3, 0.4) is 0 Å². The maximum absolute atomic E-state index is 11.6. The Kier molecular flexibility index (Phi) is 4.95. The van der Waals surface area contributed by atoms with Gasteiger partial charge in [-0.2, -0.15) is 5.26 Å². The Morgan fingerprint density at radius 2 is 2.21 bits per heavy atom. The first kappa shape index (κ1) is 11.5. The molecule has 78 valence electrons. The lowest BCUT2D eigenvalue weighted by molar-refractivity contribution is -0.127. The van der Waals surface area contributed by atoms with Crippen molar-refractivity contribution in [2.75, 3.05) is 11.9 Å². The van der Waals surface area contributed by atoms with E-state index >= 15 is 0 Å². The monoisotopic (exact) mass is 258 g/mol. The maximum atomic E-state index is 11.6. The molecule has 1 aliphatic carbocycles. The van der Waals surface area contributed by atoms with E-state index in [9.17, 15) is 4.79 Å². The summed E-state index contributed by atoms with van der Waals surface area (Å²) in [7, 11) is 0. The van der Waals surface area contributed by atoms with Gasteiger partial charge in [0, 0.05) is 11.2 Å². The Morgan fingerprint density at radius 1 is 1.50 bits per heavy atom. The third-order valence-electron chi connectivity index (χ3n) is 2.79. The topological polar surface area (TPSA) is 52.9 Å². The van der Waals surface area contributed by atoms with Gasteiger partial charge in [-0.05, 0) is 18.8 Å². The zero-order valence-electron chi connectivity index (χ0n) is 8.13. The molecule has 0 aromatic rings. The minimum absolute atomic E-state index is 0.0516. The molecule has 1 fully saturated rings. The van der Waals surface area contributed by atoms with Crippen LogP contribution in [-0.2, 0) is 4.79 Å². The first-order chi connectivity index (χ1) is 6.79. The van der Waals surface area contributed by atoms with E-state index in [0.717, 1.165) is 24.6 Å². The molecule has 1 rings (SSSR count). The number of nitrogens with zero attached hydrogens (tertiary/aromatic N) is 1. The number of hydrogen-bond acceptors (Lipinski definition) is 2. The third-order valence-corrected chi connectivity index (χ3v) is 3.62. The molecule has 3 nitrogen and oxygen atoms in total. The minimum Gasteiger partial charge on any atom is -0.343 e. The van der Waals surface area contributed by atoms with Crippen molar-refractivity contribution in [3.05, 3.63) is 0 Å². The lowest BCUT2D eigenvalue weighted by Crippen LogP contribution is -2.37. The quantitative estimate of drug-likeness (QED) is 0.621. The van der Waals surface area contributed by atoms with E-state index in [2.05, 4.69) is 21.2 Å². The first-order valence-corrected chi connectivity index (χ1v) is 6.12. The fourth-order valence-corrected chi connectivity index (χ4v) is 2.77. The van der Waals surface area contributed by atoms with Gasteiger partial charge in [0.25, 0.3) is 0 Å². The van der Waals surface area contributed by atoms with E-state index in [1.165, 1.54) is 6.42 Å². The van der Waals surface area contributed by atoms with E-state index in [1.54, 1.807) is 0 Å². The summed E-state index contributed by atoms with van der Waals surface area (Å²) >= 11 is 3.44. The van der Waals surface area contributed by atoms with Crippen LogP contribution in [0.25, 0.3) is 0 Å². The van der Waals surface area contributed by atoms with Gasteiger partial charge in [0.1, 0.15) is 6.54 Å². The Morgan fingerprint density at radius 3 is 2.86 bits per heavy atom. The molecule has 0 saturated heterocycles. The summed E-state index contributed by atoms with van der Waals surface area (Å²) in [4.78, 5) is 11.6. The molecular formula is C10H15BrN2O. The minimum atomic E-state index is 0.0516. The fraction of sp³-hybridized carbons (Fsp3) is 0.800. The molecule has 0 heterocycles. The van der Waals surface area contributed by atoms with Crippen molar-refractivity contribution < 1.29 is 4.79 Å². The van der Waals surface area contributed by atoms with Gasteiger partial charge >= 0.3 is 0 Å². The Hall–Kier alpha value is -0.560. The summed E-state index contributed by atoms with van der Waals surface area (Å²) in [6.07, 6.45) is 4.44. The number of rotatable bonds is 3. The summed E-state index contributed by atoms with van der Waals surface area (Å²) in [6, 6.07) is 1.93. The predicted molar refractivity (Wildman–Crippen MR) is 57.9 cm³/mol. The van der Waals surface area contributed by atoms with Crippen LogP contribution in [0.1, 0.15) is 25.7 Å². The van der Waals surface area contributed by atoms with Crippen LogP contribution in [0.4, 0.5) is 0 Å². The molecule has 0 radical (unpaired) electrons. The highest BCUT2D eigenvalue weighted by atomic mass is 79.9. The van der Waals surface area contributed by atoms with Gasteiger partial charge in [-0.15, -0.1) is 0 Å². The van der Waals surface area contributed by atoms with Gasteiger partial charge in [-0.25, -0.2) is 0 Å². The Balaban J connectivity index is 2.46. The van der Waals surface area contributed by atoms with E-state index in [0.29, 0.717) is 5.92 Å². The van der Waals surface area contributed by atoms with Gasteiger partial charge in [-0.3, -0.25) is 4.79 Å². The number of carbonyl (C=O) groups excluding carboxylic acids is 1. The van der Waals surface area contributed by atoms with Crippen LogP contribution in [-0.4, -0.2) is 17.8 Å². The fourth-order valence-electron chi connectivity index (χ4n) is 2.00. The SMILES string of the molecule is N#CCNC(=O)C1CCCCC1CBr. The highest BCUT2D eigenvalue weighted by molar-refractivity contribution is 9.09. The second-order valence-corrected chi connectivity index (χ2v) is 4.33. The van der Waals surface area contributed by atoms with Gasteiger partial charge < -0.3 is 5.32 Å². The zero-order chi connectivity index (χ0) is 10.4. The largest absolute Gasteiger partial charge is 0.343 e. The van der Waals surface area contributed by atoms with Crippen LogP contribution in [0.15, 0.2) is 0 Å². The molecule has 0 bridgehead atoms. The van der Waals surface area contributed by atoms with E-state index < -0.39 is 0 Å². The number of amides is 1. The van der Waals surface area contributed by atoms with Gasteiger partial charge in [0.05, 0.1) is 6.07 Å². The highest BCUT2D eigenvalue weighted by Crippen LogP contribution is 2.31. The molecule has 1 N–H and O–H groups in total. The predicted octanol–water partition coefficient (Wildman–Crippen LogP) is 1.83. The molecule has 1 aliphatic rings. The Labute approximate surface area is 93.0 Å². The number of carbonyl (C=O) groups is 1. The standard InChI is InChI=1S/C10H15BrN2O/c11-7-8-3-1-2-4-9(8)10(14)13-6-5-12/h8-9H,1-4,6-7H2,(H,13,14). The van der Waals surface area contributed by atoms with Gasteiger partial charge in [0.15, 0.2) is 0 Å². The molecule has 0 aromatic carbocycles. The maximum Gasteiger partial charge on any atom is 0.224 e. The van der Waals surface area contributed by atoms with E-state index in [-0.39, 0.29) is 18.4 Å². The number of halogens is 1. The highest BCUT2D eigenvalue weighted by Gasteiger charge is 2.29. The van der Waals surface area contributed by atoms with Crippen LogP contribution in [0.5, 0.6) is 0 Å². The first-order valence-electron chi connectivity index (χ1n) is 5.00. The summed E-state index contributed by atoms with van der Waals surface area (Å²) < 4.78 is 0. The van der Waals surface area contributed by atoms with Crippen molar-refractivity contribution in [3.8, 4) is 6.07 Å². The summed E-state index contributed by atoms with van der Waals surface area (Å²) in [6.45, 7) is 0.129. The second-order valence-electron chi connectivity index (χ2n) is 3.68. The third kappa shape index (κ3) is 2.98. The number of nitriles is 1. The van der Waals surface area contributed by atoms with E-state index in [4.69, 9.17) is 5.26 Å². The lowest BCUT2D eigenvalue weighted by atomic mass is 9.80. The molecule has 4 heteroatoms. The van der Waals surface area contributed by atoms with Crippen LogP contribution in [0.2, 0.25) is 0 Å². The number of hydrogen-bond donors (Lipinski definition) is 1. The molecule has 0 aromatic heterocycles. The van der Waals surface area contributed by atoms with Crippen molar-refractivity contribution in [3.63, 3.8) is 0 Å². The zero-order valence-corrected chi connectivity index (χ0v) is 9.72.